The van der Waals surface area contributed by atoms with Crippen LogP contribution in [0.1, 0.15) is 24.4 Å². The minimum atomic E-state index is 0.399. The summed E-state index contributed by atoms with van der Waals surface area (Å²) >= 11 is 5.43. The molecule has 1 saturated carbocycles. The molecule has 1 aliphatic rings. The van der Waals surface area contributed by atoms with Crippen LogP contribution < -0.4 is 0 Å². The van der Waals surface area contributed by atoms with E-state index < -0.39 is 0 Å². The van der Waals surface area contributed by atoms with Crippen LogP contribution in [0.2, 0.25) is 0 Å². The summed E-state index contributed by atoms with van der Waals surface area (Å²) in [5.74, 6) is 0. The van der Waals surface area contributed by atoms with Gasteiger partial charge in [0.1, 0.15) is 0 Å². The molecule has 90 valence electrons. The van der Waals surface area contributed by atoms with Gasteiger partial charge in [0, 0.05) is 13.2 Å². The fraction of sp³-hybridized carbons (Fsp3) is 0.462. The molecule has 0 atom stereocenters. The Morgan fingerprint density at radius 1 is 1.41 bits per heavy atom. The highest BCUT2D eigenvalue weighted by Gasteiger charge is 2.32. The molecule has 0 unspecified atom stereocenters. The highest BCUT2D eigenvalue weighted by Crippen LogP contribution is 2.37. The van der Waals surface area contributed by atoms with E-state index in [-0.39, 0.29) is 0 Å². The van der Waals surface area contributed by atoms with Gasteiger partial charge in [-0.1, -0.05) is 12.1 Å². The first-order valence-electron chi connectivity index (χ1n) is 5.93. The Morgan fingerprint density at radius 2 is 2.18 bits per heavy atom. The Labute approximate surface area is 105 Å². The van der Waals surface area contributed by atoms with Crippen LogP contribution in [0.3, 0.4) is 0 Å². The van der Waals surface area contributed by atoms with E-state index in [0.29, 0.717) is 12.1 Å². The summed E-state index contributed by atoms with van der Waals surface area (Å²) in [7, 11) is 1.78. The third-order valence-electron chi connectivity index (χ3n) is 3.71. The zero-order chi connectivity index (χ0) is 12.0. The summed E-state index contributed by atoms with van der Waals surface area (Å²) in [6.45, 7) is 2.13. The minimum absolute atomic E-state index is 0.399. The van der Waals surface area contributed by atoms with Gasteiger partial charge in [-0.3, -0.25) is 0 Å². The molecule has 17 heavy (non-hydrogen) atoms. The Morgan fingerprint density at radius 3 is 2.88 bits per heavy atom. The van der Waals surface area contributed by atoms with Crippen LogP contribution in [0, 0.1) is 11.7 Å². The zero-order valence-corrected chi connectivity index (χ0v) is 10.9. The van der Waals surface area contributed by atoms with E-state index in [1.165, 1.54) is 11.1 Å². The van der Waals surface area contributed by atoms with Crippen molar-refractivity contribution in [1.82, 2.24) is 9.55 Å². The lowest BCUT2D eigenvalue weighted by atomic mass is 9.89. The van der Waals surface area contributed by atoms with Gasteiger partial charge >= 0.3 is 0 Å². The first-order chi connectivity index (χ1) is 8.20. The van der Waals surface area contributed by atoms with E-state index in [4.69, 9.17) is 17.0 Å². The lowest BCUT2D eigenvalue weighted by molar-refractivity contribution is 0.00695. The van der Waals surface area contributed by atoms with Gasteiger partial charge in [0.05, 0.1) is 17.1 Å². The summed E-state index contributed by atoms with van der Waals surface area (Å²) in [6.07, 6.45) is 2.52. The fourth-order valence-corrected chi connectivity index (χ4v) is 3.00. The molecule has 0 bridgehead atoms. The van der Waals surface area contributed by atoms with E-state index in [0.717, 1.165) is 23.1 Å². The van der Waals surface area contributed by atoms with Crippen molar-refractivity contribution in [2.75, 3.05) is 7.11 Å². The number of hydrogen-bond donors (Lipinski definition) is 1. The van der Waals surface area contributed by atoms with Gasteiger partial charge in [0.25, 0.3) is 0 Å². The predicted octanol–water partition coefficient (Wildman–Crippen LogP) is 3.36. The number of methoxy groups -OCH3 is 1. The fourth-order valence-electron chi connectivity index (χ4n) is 2.65. The molecule has 1 aliphatic carbocycles. The molecule has 3 nitrogen and oxygen atoms in total. The van der Waals surface area contributed by atoms with Crippen molar-refractivity contribution in [3.8, 4) is 0 Å². The number of nitrogens with zero attached hydrogens (tertiary/aromatic N) is 1. The third kappa shape index (κ3) is 1.63. The van der Waals surface area contributed by atoms with E-state index in [9.17, 15) is 0 Å². The second-order valence-corrected chi connectivity index (χ2v) is 5.14. The van der Waals surface area contributed by atoms with Gasteiger partial charge in [-0.2, -0.15) is 0 Å². The number of aromatic amines is 1. The van der Waals surface area contributed by atoms with Gasteiger partial charge in [-0.15, -0.1) is 0 Å². The molecular formula is C13H16N2OS. The molecule has 0 aliphatic heterocycles. The summed E-state index contributed by atoms with van der Waals surface area (Å²) in [6, 6.07) is 6.77. The van der Waals surface area contributed by atoms with Gasteiger partial charge < -0.3 is 14.3 Å². The number of aromatic nitrogens is 2. The molecular weight excluding hydrogens is 232 g/mol. The van der Waals surface area contributed by atoms with Gasteiger partial charge in [-0.25, -0.2) is 0 Å². The second-order valence-electron chi connectivity index (χ2n) is 4.75. The number of fused-ring (bicyclic) bond motifs is 1. The maximum absolute atomic E-state index is 5.43. The van der Waals surface area contributed by atoms with Crippen LogP contribution >= 0.6 is 12.2 Å². The van der Waals surface area contributed by atoms with Crippen molar-refractivity contribution in [2.24, 2.45) is 0 Å². The molecule has 3 rings (SSSR count). The third-order valence-corrected chi connectivity index (χ3v) is 4.01. The van der Waals surface area contributed by atoms with Crippen molar-refractivity contribution < 1.29 is 4.74 Å². The van der Waals surface area contributed by atoms with E-state index in [1.54, 1.807) is 7.11 Å². The lowest BCUT2D eigenvalue weighted by Gasteiger charge is -2.35. The largest absolute Gasteiger partial charge is 0.381 e. The monoisotopic (exact) mass is 248 g/mol. The second kappa shape index (κ2) is 3.96. The van der Waals surface area contributed by atoms with E-state index in [2.05, 4.69) is 34.7 Å². The van der Waals surface area contributed by atoms with Crippen LogP contribution in [-0.4, -0.2) is 22.8 Å². The molecule has 1 fully saturated rings. The van der Waals surface area contributed by atoms with Crippen LogP contribution in [0.25, 0.3) is 11.0 Å². The molecule has 4 heteroatoms. The maximum atomic E-state index is 5.43. The Kier molecular flexibility index (Phi) is 2.56. The lowest BCUT2D eigenvalue weighted by Crippen LogP contribution is -2.32. The summed E-state index contributed by atoms with van der Waals surface area (Å²) in [4.78, 5) is 3.29. The van der Waals surface area contributed by atoms with Gasteiger partial charge in [0.2, 0.25) is 0 Å². The standard InChI is InChI=1S/C13H16N2OS/c1-8-4-3-5-11-12(8)15(13(17)14-11)9-6-10(7-9)16-2/h3-5,9-10H,6-7H2,1-2H3,(H,14,17). The number of para-hydroxylation sites is 1. The molecule has 1 aromatic heterocycles. The number of nitrogens with one attached hydrogen (secondary N) is 1. The number of H-pyrrole nitrogens is 1. The van der Waals surface area contributed by atoms with Crippen molar-refractivity contribution >= 4 is 23.3 Å². The number of aryl methyl sites for hydroxylation is 1. The molecule has 0 radical (unpaired) electrons. The van der Waals surface area contributed by atoms with Gasteiger partial charge in [-0.05, 0) is 43.6 Å². The predicted molar refractivity (Wildman–Crippen MR) is 70.9 cm³/mol. The van der Waals surface area contributed by atoms with Crippen LogP contribution in [0.4, 0.5) is 0 Å². The summed E-state index contributed by atoms with van der Waals surface area (Å²) in [5.41, 5.74) is 3.66. The van der Waals surface area contributed by atoms with Crippen molar-refractivity contribution in [3.05, 3.63) is 28.5 Å². The van der Waals surface area contributed by atoms with Gasteiger partial charge in [0.15, 0.2) is 4.77 Å². The van der Waals surface area contributed by atoms with E-state index in [1.807, 2.05) is 0 Å². The first-order valence-corrected chi connectivity index (χ1v) is 6.34. The number of ether oxygens (including phenoxy) is 1. The highest BCUT2D eigenvalue weighted by atomic mass is 32.1. The Bertz CT molecular complexity index is 607. The normalized spacial score (nSPS) is 23.9. The maximum Gasteiger partial charge on any atom is 0.178 e. The first kappa shape index (κ1) is 11.0. The van der Waals surface area contributed by atoms with Crippen LogP contribution in [-0.2, 0) is 4.74 Å². The van der Waals surface area contributed by atoms with Crippen LogP contribution in [0.15, 0.2) is 18.2 Å². The Hall–Kier alpha value is -1.13. The smallest absolute Gasteiger partial charge is 0.178 e. The zero-order valence-electron chi connectivity index (χ0n) is 10.1. The quantitative estimate of drug-likeness (QED) is 0.826. The van der Waals surface area contributed by atoms with Crippen molar-refractivity contribution in [2.45, 2.75) is 31.9 Å². The average molecular weight is 248 g/mol. The molecule has 1 aromatic carbocycles. The summed E-state index contributed by atoms with van der Waals surface area (Å²) < 4.78 is 8.43. The molecule has 0 saturated heterocycles. The molecule has 0 spiro atoms. The molecule has 0 amide bonds. The SMILES string of the molecule is COC1CC(n2c(=S)[nH]c3cccc(C)c32)C1. The van der Waals surface area contributed by atoms with Crippen molar-refractivity contribution in [1.29, 1.82) is 0 Å². The minimum Gasteiger partial charge on any atom is -0.381 e. The Balaban J connectivity index is 2.10. The molecule has 1 heterocycles. The number of benzene rings is 1. The number of imidazole rings is 1. The van der Waals surface area contributed by atoms with E-state index >= 15 is 0 Å². The number of rotatable bonds is 2. The average Bonchev–Trinajstić information content (AvgIpc) is 2.56. The molecule has 1 N–H and O–H groups in total. The summed E-state index contributed by atoms with van der Waals surface area (Å²) in [5, 5.41) is 0. The highest BCUT2D eigenvalue weighted by molar-refractivity contribution is 7.71. The number of hydrogen-bond acceptors (Lipinski definition) is 2. The molecule has 2 aromatic rings. The topological polar surface area (TPSA) is 29.9 Å². The van der Waals surface area contributed by atoms with Crippen LogP contribution in [0.5, 0.6) is 0 Å². The van der Waals surface area contributed by atoms with Crippen molar-refractivity contribution in [3.63, 3.8) is 0 Å².